The number of rotatable bonds is 5. The number of aryl methyl sites for hydroxylation is 1. The molecule has 1 aromatic carbocycles. The fraction of sp³-hybridized carbons (Fsp3) is 0.200. The molecule has 1 aromatic heterocycles. The number of ether oxygens (including phenoxy) is 2. The third-order valence-corrected chi connectivity index (χ3v) is 3.00. The molecule has 0 unspecified atom stereocenters. The molecule has 0 aliphatic rings. The number of nitrogens with zero attached hydrogens (tertiary/aromatic N) is 1. The van der Waals surface area contributed by atoms with E-state index < -0.39 is 12.5 Å². The fourth-order valence-electron chi connectivity index (χ4n) is 1.84. The van der Waals surface area contributed by atoms with E-state index in [1.165, 1.54) is 48.2 Å². The van der Waals surface area contributed by atoms with Gasteiger partial charge >= 0.3 is 6.61 Å². The number of anilines is 1. The number of alkyl halides is 2. The Balaban J connectivity index is 2.23. The van der Waals surface area contributed by atoms with Crippen LogP contribution < -0.4 is 20.3 Å². The summed E-state index contributed by atoms with van der Waals surface area (Å²) in [6.07, 6.45) is 1.45. The highest BCUT2D eigenvalue weighted by molar-refractivity contribution is 6.04. The lowest BCUT2D eigenvalue weighted by atomic mass is 10.2. The third-order valence-electron chi connectivity index (χ3n) is 3.00. The van der Waals surface area contributed by atoms with Crippen molar-refractivity contribution in [3.05, 3.63) is 52.4 Å². The predicted molar refractivity (Wildman–Crippen MR) is 79.3 cm³/mol. The van der Waals surface area contributed by atoms with Gasteiger partial charge in [0.05, 0.1) is 7.11 Å². The van der Waals surface area contributed by atoms with Crippen molar-refractivity contribution in [2.75, 3.05) is 12.4 Å². The zero-order valence-electron chi connectivity index (χ0n) is 12.4. The Hall–Kier alpha value is -2.90. The molecule has 1 amide bonds. The summed E-state index contributed by atoms with van der Waals surface area (Å²) in [5, 5.41) is 2.50. The molecule has 0 bridgehead atoms. The average molecular weight is 324 g/mol. The minimum absolute atomic E-state index is 0.108. The zero-order chi connectivity index (χ0) is 17.0. The molecule has 0 saturated carbocycles. The van der Waals surface area contributed by atoms with Crippen molar-refractivity contribution in [3.8, 4) is 11.5 Å². The van der Waals surface area contributed by atoms with E-state index in [1.54, 1.807) is 7.05 Å². The molecule has 8 heteroatoms. The van der Waals surface area contributed by atoms with Gasteiger partial charge in [-0.05, 0) is 18.2 Å². The third kappa shape index (κ3) is 4.06. The Morgan fingerprint density at radius 3 is 2.57 bits per heavy atom. The van der Waals surface area contributed by atoms with Crippen LogP contribution in [-0.2, 0) is 7.05 Å². The highest BCUT2D eigenvalue weighted by atomic mass is 19.3. The van der Waals surface area contributed by atoms with Crippen molar-refractivity contribution >= 4 is 11.6 Å². The number of amides is 1. The highest BCUT2D eigenvalue weighted by Crippen LogP contribution is 2.31. The van der Waals surface area contributed by atoms with Crippen molar-refractivity contribution in [3.63, 3.8) is 0 Å². The van der Waals surface area contributed by atoms with E-state index in [1.807, 2.05) is 0 Å². The number of carbonyl (C=O) groups is 1. The molecule has 0 aliphatic carbocycles. The molecular weight excluding hydrogens is 310 g/mol. The van der Waals surface area contributed by atoms with Crippen molar-refractivity contribution in [2.24, 2.45) is 7.05 Å². The van der Waals surface area contributed by atoms with Gasteiger partial charge in [0.25, 0.3) is 11.5 Å². The summed E-state index contributed by atoms with van der Waals surface area (Å²) in [5.74, 6) is -0.642. The highest BCUT2D eigenvalue weighted by Gasteiger charge is 2.13. The maximum Gasteiger partial charge on any atom is 0.387 e. The van der Waals surface area contributed by atoms with Crippen LogP contribution in [0.3, 0.4) is 0 Å². The number of carbonyl (C=O) groups excluding carboxylic acids is 1. The second kappa shape index (κ2) is 6.91. The van der Waals surface area contributed by atoms with E-state index in [9.17, 15) is 18.4 Å². The largest absolute Gasteiger partial charge is 0.493 e. The van der Waals surface area contributed by atoms with Crippen molar-refractivity contribution in [1.82, 2.24) is 4.57 Å². The van der Waals surface area contributed by atoms with Gasteiger partial charge in [0.1, 0.15) is 0 Å². The summed E-state index contributed by atoms with van der Waals surface area (Å²) >= 11 is 0. The van der Waals surface area contributed by atoms with Crippen LogP contribution in [0.4, 0.5) is 14.5 Å². The second-order valence-electron chi connectivity index (χ2n) is 4.56. The Morgan fingerprint density at radius 1 is 1.22 bits per heavy atom. The van der Waals surface area contributed by atoms with Gasteiger partial charge in [-0.1, -0.05) is 0 Å². The summed E-state index contributed by atoms with van der Waals surface area (Å²) < 4.78 is 35.3. The lowest BCUT2D eigenvalue weighted by molar-refractivity contribution is -0.0511. The lowest BCUT2D eigenvalue weighted by Gasteiger charge is -2.12. The molecule has 0 aliphatic heterocycles. The SMILES string of the molecule is COc1ccc(NC(=O)c2ccn(C)c(=O)c2)cc1OC(F)F. The molecule has 0 saturated heterocycles. The molecule has 0 atom stereocenters. The van der Waals surface area contributed by atoms with E-state index in [4.69, 9.17) is 4.74 Å². The predicted octanol–water partition coefficient (Wildman–Crippen LogP) is 2.25. The summed E-state index contributed by atoms with van der Waals surface area (Å²) in [7, 11) is 2.87. The first-order valence-electron chi connectivity index (χ1n) is 6.51. The first-order chi connectivity index (χ1) is 10.9. The van der Waals surface area contributed by atoms with Crippen LogP contribution in [0.5, 0.6) is 11.5 Å². The molecular formula is C15H14F2N2O4. The number of aromatic nitrogens is 1. The van der Waals surface area contributed by atoms with Gasteiger partial charge in [-0.25, -0.2) is 0 Å². The van der Waals surface area contributed by atoms with E-state index >= 15 is 0 Å². The normalized spacial score (nSPS) is 10.5. The molecule has 2 rings (SSSR count). The number of nitrogens with one attached hydrogen (secondary N) is 1. The van der Waals surface area contributed by atoms with Gasteiger partial charge in [-0.3, -0.25) is 9.59 Å². The molecule has 23 heavy (non-hydrogen) atoms. The van der Waals surface area contributed by atoms with Gasteiger partial charge < -0.3 is 19.4 Å². The Labute approximate surface area is 130 Å². The number of halogens is 2. The fourth-order valence-corrected chi connectivity index (χ4v) is 1.84. The second-order valence-corrected chi connectivity index (χ2v) is 4.56. The number of benzene rings is 1. The van der Waals surface area contributed by atoms with E-state index in [0.29, 0.717) is 0 Å². The van der Waals surface area contributed by atoms with Crippen LogP contribution in [0.15, 0.2) is 41.3 Å². The molecule has 0 radical (unpaired) electrons. The maximum absolute atomic E-state index is 12.4. The van der Waals surface area contributed by atoms with Crippen molar-refractivity contribution in [1.29, 1.82) is 0 Å². The molecule has 0 spiro atoms. The van der Waals surface area contributed by atoms with Gasteiger partial charge in [0.2, 0.25) is 0 Å². The molecule has 2 aromatic rings. The molecule has 6 nitrogen and oxygen atoms in total. The zero-order valence-corrected chi connectivity index (χ0v) is 12.4. The lowest BCUT2D eigenvalue weighted by Crippen LogP contribution is -2.20. The van der Waals surface area contributed by atoms with E-state index in [-0.39, 0.29) is 28.3 Å². The summed E-state index contributed by atoms with van der Waals surface area (Å²) in [6, 6.07) is 6.71. The van der Waals surface area contributed by atoms with Crippen LogP contribution >= 0.6 is 0 Å². The first kappa shape index (κ1) is 16.5. The first-order valence-corrected chi connectivity index (χ1v) is 6.51. The number of methoxy groups -OCH3 is 1. The molecule has 0 fully saturated rings. The number of hydrogen-bond acceptors (Lipinski definition) is 4. The summed E-state index contributed by atoms with van der Waals surface area (Å²) in [5.41, 5.74) is 0.0430. The Morgan fingerprint density at radius 2 is 1.96 bits per heavy atom. The van der Waals surface area contributed by atoms with Crippen LogP contribution in [-0.4, -0.2) is 24.2 Å². The molecule has 122 valence electrons. The minimum Gasteiger partial charge on any atom is -0.493 e. The standard InChI is InChI=1S/C15H14F2N2O4/c1-19-6-5-9(7-13(19)20)14(21)18-10-3-4-11(22-2)12(8-10)23-15(16)17/h3-8,15H,1-2H3,(H,18,21). The maximum atomic E-state index is 12.4. The van der Waals surface area contributed by atoms with Gasteiger partial charge in [0.15, 0.2) is 11.5 Å². The minimum atomic E-state index is -3.02. The smallest absolute Gasteiger partial charge is 0.387 e. The summed E-state index contributed by atoms with van der Waals surface area (Å²) in [6.45, 7) is -3.02. The molecule has 1 heterocycles. The summed E-state index contributed by atoms with van der Waals surface area (Å²) in [4.78, 5) is 23.6. The van der Waals surface area contributed by atoms with Gasteiger partial charge in [-0.15, -0.1) is 0 Å². The van der Waals surface area contributed by atoms with Crippen molar-refractivity contribution in [2.45, 2.75) is 6.61 Å². The number of pyridine rings is 1. The van der Waals surface area contributed by atoms with Gasteiger partial charge in [-0.2, -0.15) is 8.78 Å². The van der Waals surface area contributed by atoms with Crippen LogP contribution in [0.1, 0.15) is 10.4 Å². The van der Waals surface area contributed by atoms with Crippen LogP contribution in [0.2, 0.25) is 0 Å². The number of hydrogen-bond donors (Lipinski definition) is 1. The van der Waals surface area contributed by atoms with E-state index in [2.05, 4.69) is 10.1 Å². The van der Waals surface area contributed by atoms with Gasteiger partial charge in [0, 0.05) is 36.6 Å². The van der Waals surface area contributed by atoms with E-state index in [0.717, 1.165) is 0 Å². The Bertz CT molecular complexity index is 774. The van der Waals surface area contributed by atoms with Crippen LogP contribution in [0, 0.1) is 0 Å². The topological polar surface area (TPSA) is 69.6 Å². The quantitative estimate of drug-likeness (QED) is 0.916. The van der Waals surface area contributed by atoms with Crippen molar-refractivity contribution < 1.29 is 23.0 Å². The monoisotopic (exact) mass is 324 g/mol. The Kier molecular flexibility index (Phi) is 4.95. The molecule has 1 N–H and O–H groups in total. The van der Waals surface area contributed by atoms with Crippen LogP contribution in [0.25, 0.3) is 0 Å². The average Bonchev–Trinajstić information content (AvgIpc) is 2.49.